The molecule has 168 valence electrons. The van der Waals surface area contributed by atoms with Crippen LogP contribution in [0.3, 0.4) is 0 Å². The molecular weight excluding hydrogens is 428 g/mol. The van der Waals surface area contributed by atoms with Crippen LogP contribution in [0.2, 0.25) is 0 Å². The van der Waals surface area contributed by atoms with Crippen LogP contribution >= 0.6 is 0 Å². The van der Waals surface area contributed by atoms with Crippen molar-refractivity contribution in [1.82, 2.24) is 10.0 Å². The fourth-order valence-corrected chi connectivity index (χ4v) is 4.06. The summed E-state index contributed by atoms with van der Waals surface area (Å²) in [6.07, 6.45) is 0. The van der Waals surface area contributed by atoms with Crippen LogP contribution in [-0.4, -0.2) is 28.5 Å². The normalized spacial score (nSPS) is 11.2. The maximum absolute atomic E-state index is 12.7. The molecule has 2 N–H and O–H groups in total. The van der Waals surface area contributed by atoms with Crippen LogP contribution in [0.25, 0.3) is 0 Å². The number of ether oxygens (including phenoxy) is 2. The van der Waals surface area contributed by atoms with Crippen molar-refractivity contribution in [3.05, 3.63) is 95.1 Å². The van der Waals surface area contributed by atoms with Gasteiger partial charge in [0.2, 0.25) is 10.0 Å². The molecule has 3 rings (SSSR count). The number of carbonyl (C=O) groups excluding carboxylic acids is 1. The highest BCUT2D eigenvalue weighted by Crippen LogP contribution is 2.24. The number of sulfonamides is 1. The summed E-state index contributed by atoms with van der Waals surface area (Å²) in [5.74, 6) is -0.225. The lowest BCUT2D eigenvalue weighted by Gasteiger charge is -2.13. The number of methoxy groups -OCH3 is 1. The monoisotopic (exact) mass is 454 g/mol. The minimum absolute atomic E-state index is 0.0927. The van der Waals surface area contributed by atoms with E-state index in [0.717, 1.165) is 16.7 Å². The Hall–Kier alpha value is -3.20. The molecule has 7 nitrogen and oxygen atoms in total. The molecule has 0 atom stereocenters. The van der Waals surface area contributed by atoms with Gasteiger partial charge < -0.3 is 14.8 Å². The molecule has 32 heavy (non-hydrogen) atoms. The van der Waals surface area contributed by atoms with Gasteiger partial charge >= 0.3 is 0 Å². The summed E-state index contributed by atoms with van der Waals surface area (Å²) in [7, 11) is -1.10. The average Bonchev–Trinajstić information content (AvgIpc) is 2.83. The predicted molar refractivity (Wildman–Crippen MR) is 122 cm³/mol. The lowest BCUT2D eigenvalue weighted by Crippen LogP contribution is -2.25. The largest absolute Gasteiger partial charge is 0.495 e. The Balaban J connectivity index is 1.67. The van der Waals surface area contributed by atoms with E-state index in [0.29, 0.717) is 13.2 Å². The van der Waals surface area contributed by atoms with Crippen LogP contribution in [0.15, 0.2) is 77.7 Å². The molecule has 8 heteroatoms. The standard InChI is InChI=1S/C24H26N2O5S/c1-25-32(28,29)23-14-19(12-13-22(23)30-2)24(27)26-15-20-10-6-7-11-21(20)17-31-16-18-8-4-3-5-9-18/h3-14,25H,15-17H2,1-2H3,(H,26,27). The number of nitrogens with one attached hydrogen (secondary N) is 2. The van der Waals surface area contributed by atoms with Crippen LogP contribution in [0.5, 0.6) is 5.75 Å². The van der Waals surface area contributed by atoms with Gasteiger partial charge in [-0.25, -0.2) is 13.1 Å². The van der Waals surface area contributed by atoms with E-state index >= 15 is 0 Å². The molecule has 1 amide bonds. The van der Waals surface area contributed by atoms with E-state index in [9.17, 15) is 13.2 Å². The highest BCUT2D eigenvalue weighted by molar-refractivity contribution is 7.89. The molecule has 0 aliphatic heterocycles. The zero-order valence-corrected chi connectivity index (χ0v) is 18.8. The van der Waals surface area contributed by atoms with Crippen molar-refractivity contribution < 1.29 is 22.7 Å². The molecule has 0 heterocycles. The Kier molecular flexibility index (Phi) is 7.99. The first-order valence-electron chi connectivity index (χ1n) is 10.0. The molecular formula is C24H26N2O5S. The number of hydrogen-bond donors (Lipinski definition) is 2. The Labute approximate surface area is 188 Å². The van der Waals surface area contributed by atoms with Gasteiger partial charge in [-0.15, -0.1) is 0 Å². The summed E-state index contributed by atoms with van der Waals surface area (Å²) in [4.78, 5) is 12.6. The first-order valence-corrected chi connectivity index (χ1v) is 11.5. The highest BCUT2D eigenvalue weighted by Gasteiger charge is 2.20. The van der Waals surface area contributed by atoms with Crippen molar-refractivity contribution in [3.8, 4) is 5.75 Å². The summed E-state index contributed by atoms with van der Waals surface area (Å²) >= 11 is 0. The second kappa shape index (κ2) is 10.9. The molecule has 0 saturated carbocycles. The van der Waals surface area contributed by atoms with Crippen molar-refractivity contribution in [1.29, 1.82) is 0 Å². The number of hydrogen-bond acceptors (Lipinski definition) is 5. The van der Waals surface area contributed by atoms with E-state index in [4.69, 9.17) is 9.47 Å². The van der Waals surface area contributed by atoms with Crippen molar-refractivity contribution in [2.24, 2.45) is 0 Å². The van der Waals surface area contributed by atoms with Gasteiger partial charge in [0.1, 0.15) is 10.6 Å². The molecule has 0 fully saturated rings. The molecule has 0 aliphatic carbocycles. The third-order valence-corrected chi connectivity index (χ3v) is 6.35. The van der Waals surface area contributed by atoms with Crippen LogP contribution in [0.1, 0.15) is 27.0 Å². The molecule has 0 radical (unpaired) electrons. The van der Waals surface area contributed by atoms with Gasteiger partial charge in [-0.1, -0.05) is 54.6 Å². The number of carbonyl (C=O) groups is 1. The SMILES string of the molecule is CNS(=O)(=O)c1cc(C(=O)NCc2ccccc2COCc2ccccc2)ccc1OC. The lowest BCUT2D eigenvalue weighted by atomic mass is 10.1. The van der Waals surface area contributed by atoms with Gasteiger partial charge in [0.15, 0.2) is 0 Å². The quantitative estimate of drug-likeness (QED) is 0.491. The topological polar surface area (TPSA) is 93.7 Å². The summed E-state index contributed by atoms with van der Waals surface area (Å²) in [5, 5.41) is 2.85. The maximum Gasteiger partial charge on any atom is 0.251 e. The van der Waals surface area contributed by atoms with E-state index in [2.05, 4.69) is 10.0 Å². The first kappa shape index (κ1) is 23.5. The second-order valence-electron chi connectivity index (χ2n) is 7.00. The molecule has 0 saturated heterocycles. The Morgan fingerprint density at radius 2 is 1.59 bits per heavy atom. The van der Waals surface area contributed by atoms with E-state index in [1.807, 2.05) is 54.6 Å². The van der Waals surface area contributed by atoms with E-state index in [-0.39, 0.29) is 28.7 Å². The summed E-state index contributed by atoms with van der Waals surface area (Å²) in [6.45, 7) is 1.19. The number of amides is 1. The molecule has 0 spiro atoms. The molecule has 0 aliphatic rings. The van der Waals surface area contributed by atoms with Gasteiger partial charge in [0.05, 0.1) is 20.3 Å². The third-order valence-electron chi connectivity index (χ3n) is 4.91. The average molecular weight is 455 g/mol. The molecule has 0 aromatic heterocycles. The Morgan fingerprint density at radius 3 is 2.28 bits per heavy atom. The minimum atomic E-state index is -3.78. The Bertz CT molecular complexity index is 1160. The second-order valence-corrected chi connectivity index (χ2v) is 8.86. The molecule has 3 aromatic carbocycles. The van der Waals surface area contributed by atoms with Crippen molar-refractivity contribution >= 4 is 15.9 Å². The summed E-state index contributed by atoms with van der Waals surface area (Å²) < 4.78 is 37.7. The lowest BCUT2D eigenvalue weighted by molar-refractivity contribution is 0.0947. The van der Waals surface area contributed by atoms with Gasteiger partial charge in [-0.05, 0) is 41.9 Å². The highest BCUT2D eigenvalue weighted by atomic mass is 32.2. The third kappa shape index (κ3) is 5.94. The maximum atomic E-state index is 12.7. The van der Waals surface area contributed by atoms with Crippen molar-refractivity contribution in [2.75, 3.05) is 14.2 Å². The van der Waals surface area contributed by atoms with Crippen LogP contribution in [0, 0.1) is 0 Å². The Morgan fingerprint density at radius 1 is 0.906 bits per heavy atom. The summed E-state index contributed by atoms with van der Waals surface area (Å²) in [5.41, 5.74) is 3.20. The van der Waals surface area contributed by atoms with Crippen LogP contribution in [0.4, 0.5) is 0 Å². The predicted octanol–water partition coefficient (Wildman–Crippen LogP) is 3.25. The first-order chi connectivity index (χ1) is 15.4. The van der Waals surface area contributed by atoms with Crippen molar-refractivity contribution in [3.63, 3.8) is 0 Å². The summed E-state index contributed by atoms with van der Waals surface area (Å²) in [6, 6.07) is 21.9. The van der Waals surface area contributed by atoms with E-state index in [1.165, 1.54) is 32.4 Å². The smallest absolute Gasteiger partial charge is 0.251 e. The minimum Gasteiger partial charge on any atom is -0.495 e. The van der Waals surface area contributed by atoms with Gasteiger partial charge in [0.25, 0.3) is 5.91 Å². The zero-order chi connectivity index (χ0) is 23.0. The van der Waals surface area contributed by atoms with Crippen LogP contribution < -0.4 is 14.8 Å². The van der Waals surface area contributed by atoms with Gasteiger partial charge in [-0.3, -0.25) is 4.79 Å². The molecule has 0 bridgehead atoms. The molecule has 0 unspecified atom stereocenters. The van der Waals surface area contributed by atoms with Crippen LogP contribution in [-0.2, 0) is 34.5 Å². The number of rotatable bonds is 10. The van der Waals surface area contributed by atoms with Crippen molar-refractivity contribution in [2.45, 2.75) is 24.7 Å². The fourth-order valence-electron chi connectivity index (χ4n) is 3.14. The van der Waals surface area contributed by atoms with Gasteiger partial charge in [-0.2, -0.15) is 0 Å². The molecule has 3 aromatic rings. The van der Waals surface area contributed by atoms with E-state index in [1.54, 1.807) is 0 Å². The number of benzene rings is 3. The zero-order valence-electron chi connectivity index (χ0n) is 18.0. The fraction of sp³-hybridized carbons (Fsp3) is 0.208. The van der Waals surface area contributed by atoms with E-state index < -0.39 is 10.0 Å². The van der Waals surface area contributed by atoms with Gasteiger partial charge in [0, 0.05) is 12.1 Å².